The van der Waals surface area contributed by atoms with E-state index in [1.165, 1.54) is 30.6 Å². The van der Waals surface area contributed by atoms with Crippen molar-refractivity contribution >= 4 is 50.6 Å². The third kappa shape index (κ3) is 3.45. The Morgan fingerprint density at radius 3 is 2.72 bits per heavy atom. The Bertz CT molecular complexity index is 1010. The zero-order valence-corrected chi connectivity index (χ0v) is 13.9. The monoisotopic (exact) mass is 355 g/mol. The first kappa shape index (κ1) is 16.5. The Labute approximate surface area is 146 Å². The highest BCUT2D eigenvalue weighted by Gasteiger charge is 2.14. The Balaban J connectivity index is 2.06. The summed E-state index contributed by atoms with van der Waals surface area (Å²) in [5.74, 6) is -1.52. The van der Waals surface area contributed by atoms with Crippen LogP contribution in [0.25, 0.3) is 10.9 Å². The summed E-state index contributed by atoms with van der Waals surface area (Å²) in [6, 6.07) is 9.95. The van der Waals surface area contributed by atoms with Crippen LogP contribution in [0.15, 0.2) is 46.6 Å². The number of azo groups is 1. The van der Waals surface area contributed by atoms with Crippen LogP contribution in [0, 0.1) is 0 Å². The molecule has 2 aromatic carbocycles. The van der Waals surface area contributed by atoms with Crippen LogP contribution in [-0.4, -0.2) is 21.3 Å². The van der Waals surface area contributed by atoms with Crippen molar-refractivity contribution in [1.82, 2.24) is 4.37 Å². The van der Waals surface area contributed by atoms with E-state index in [9.17, 15) is 14.7 Å². The smallest absolute Gasteiger partial charge is 0.252 e. The number of primary amides is 1. The predicted octanol–water partition coefficient (Wildman–Crippen LogP) is 3.47. The summed E-state index contributed by atoms with van der Waals surface area (Å²) in [6.07, 6.45) is 0. The van der Waals surface area contributed by atoms with Crippen molar-refractivity contribution in [2.45, 2.75) is 6.92 Å². The maximum atomic E-state index is 11.4. The summed E-state index contributed by atoms with van der Waals surface area (Å²) in [6.45, 7) is 1.32. The normalized spacial score (nSPS) is 11.1. The molecule has 0 saturated heterocycles. The van der Waals surface area contributed by atoms with Gasteiger partial charge in [0.1, 0.15) is 11.4 Å². The predicted molar refractivity (Wildman–Crippen MR) is 94.7 cm³/mol. The minimum absolute atomic E-state index is 0.114. The van der Waals surface area contributed by atoms with Crippen LogP contribution in [0.1, 0.15) is 17.3 Å². The number of carbonyl (C=O) groups excluding carboxylic acids is 2. The van der Waals surface area contributed by atoms with E-state index < -0.39 is 5.91 Å². The van der Waals surface area contributed by atoms with Crippen molar-refractivity contribution in [2.24, 2.45) is 16.0 Å². The third-order valence-electron chi connectivity index (χ3n) is 3.30. The maximum Gasteiger partial charge on any atom is 0.252 e. The standard InChI is InChI=1S/C16H13N5O3S/c1-8(22)18-12-7-14(23)10(15(17)24)6-13(12)19-20-16-9-4-2-3-5-11(9)21-25-16/h2-7,23H,1H3,(H2,17,24)(H,18,22). The van der Waals surface area contributed by atoms with Gasteiger partial charge in [0.15, 0.2) is 5.00 Å². The number of hydrogen-bond acceptors (Lipinski definition) is 7. The second-order valence-corrected chi connectivity index (χ2v) is 5.89. The van der Waals surface area contributed by atoms with Gasteiger partial charge < -0.3 is 16.2 Å². The van der Waals surface area contributed by atoms with Gasteiger partial charge in [-0.05, 0) is 29.7 Å². The molecule has 1 aromatic heterocycles. The number of phenols is 1. The molecule has 8 nitrogen and oxygen atoms in total. The number of hydrogen-bond donors (Lipinski definition) is 3. The van der Waals surface area contributed by atoms with Gasteiger partial charge in [-0.15, -0.1) is 10.2 Å². The number of nitrogens with zero attached hydrogens (tertiary/aromatic N) is 3. The first-order valence-electron chi connectivity index (χ1n) is 7.16. The second-order valence-electron chi connectivity index (χ2n) is 5.14. The topological polar surface area (TPSA) is 130 Å². The molecule has 9 heteroatoms. The number of amides is 2. The molecular weight excluding hydrogens is 342 g/mol. The zero-order valence-electron chi connectivity index (χ0n) is 13.1. The molecule has 0 bridgehead atoms. The van der Waals surface area contributed by atoms with E-state index in [4.69, 9.17) is 5.73 Å². The minimum atomic E-state index is -0.813. The minimum Gasteiger partial charge on any atom is -0.507 e. The van der Waals surface area contributed by atoms with E-state index in [1.54, 1.807) is 0 Å². The van der Waals surface area contributed by atoms with Crippen molar-refractivity contribution in [2.75, 3.05) is 5.32 Å². The summed E-state index contributed by atoms with van der Waals surface area (Å²) in [4.78, 5) is 22.7. The molecule has 0 radical (unpaired) electrons. The molecule has 0 spiro atoms. The van der Waals surface area contributed by atoms with Gasteiger partial charge in [0.05, 0.1) is 16.8 Å². The number of nitrogens with two attached hydrogens (primary N) is 1. The second kappa shape index (κ2) is 6.65. The van der Waals surface area contributed by atoms with Crippen LogP contribution >= 0.6 is 11.5 Å². The van der Waals surface area contributed by atoms with Crippen molar-refractivity contribution in [1.29, 1.82) is 0 Å². The Kier molecular flexibility index (Phi) is 4.40. The third-order valence-corrected chi connectivity index (χ3v) is 4.07. The van der Waals surface area contributed by atoms with Gasteiger partial charge in [-0.25, -0.2) is 0 Å². The van der Waals surface area contributed by atoms with Gasteiger partial charge in [-0.1, -0.05) is 12.1 Å². The van der Waals surface area contributed by atoms with Crippen molar-refractivity contribution in [3.05, 3.63) is 42.0 Å². The molecule has 126 valence electrons. The van der Waals surface area contributed by atoms with Crippen LogP contribution in [0.5, 0.6) is 5.75 Å². The van der Waals surface area contributed by atoms with E-state index >= 15 is 0 Å². The molecule has 0 fully saturated rings. The summed E-state index contributed by atoms with van der Waals surface area (Å²) in [5, 5.41) is 22.1. The summed E-state index contributed by atoms with van der Waals surface area (Å²) >= 11 is 1.18. The molecule has 1 heterocycles. The van der Waals surface area contributed by atoms with E-state index in [-0.39, 0.29) is 28.6 Å². The fourth-order valence-corrected chi connectivity index (χ4v) is 2.89. The lowest BCUT2D eigenvalue weighted by Gasteiger charge is -2.08. The van der Waals surface area contributed by atoms with E-state index in [0.717, 1.165) is 10.9 Å². The van der Waals surface area contributed by atoms with Gasteiger partial charge in [0, 0.05) is 18.4 Å². The molecule has 2 amide bonds. The fraction of sp³-hybridized carbons (Fsp3) is 0.0625. The first-order valence-corrected chi connectivity index (χ1v) is 7.93. The Hall–Kier alpha value is -3.33. The van der Waals surface area contributed by atoms with Crippen molar-refractivity contribution < 1.29 is 14.7 Å². The molecule has 0 atom stereocenters. The zero-order chi connectivity index (χ0) is 18.0. The van der Waals surface area contributed by atoms with E-state index in [2.05, 4.69) is 19.9 Å². The molecule has 0 saturated carbocycles. The molecule has 4 N–H and O–H groups in total. The molecule has 0 aliphatic rings. The van der Waals surface area contributed by atoms with E-state index in [0.29, 0.717) is 5.00 Å². The Morgan fingerprint density at radius 1 is 1.24 bits per heavy atom. The lowest BCUT2D eigenvalue weighted by molar-refractivity contribution is -0.114. The lowest BCUT2D eigenvalue weighted by Crippen LogP contribution is -2.12. The van der Waals surface area contributed by atoms with Crippen LogP contribution in [0.3, 0.4) is 0 Å². The number of benzene rings is 2. The number of aromatic nitrogens is 1. The first-order chi connectivity index (χ1) is 12.0. The van der Waals surface area contributed by atoms with Gasteiger partial charge >= 0.3 is 0 Å². The van der Waals surface area contributed by atoms with Crippen LogP contribution < -0.4 is 11.1 Å². The van der Waals surface area contributed by atoms with Crippen molar-refractivity contribution in [3.63, 3.8) is 0 Å². The number of aromatic hydroxyl groups is 1. The molecular formula is C16H13N5O3S. The maximum absolute atomic E-state index is 11.4. The molecule has 0 aliphatic heterocycles. The van der Waals surface area contributed by atoms with Crippen LogP contribution in [0.2, 0.25) is 0 Å². The number of fused-ring (bicyclic) bond motifs is 1. The molecule has 0 aliphatic carbocycles. The molecule has 25 heavy (non-hydrogen) atoms. The SMILES string of the molecule is CC(=O)Nc1cc(O)c(C(N)=O)cc1N=Nc1snc2ccccc12. The quantitative estimate of drug-likeness (QED) is 0.618. The average molecular weight is 355 g/mol. The fourth-order valence-electron chi connectivity index (χ4n) is 2.19. The van der Waals surface area contributed by atoms with Gasteiger partial charge in [-0.2, -0.15) is 4.37 Å². The summed E-state index contributed by atoms with van der Waals surface area (Å²) in [7, 11) is 0. The number of nitrogens with one attached hydrogen (secondary N) is 1. The summed E-state index contributed by atoms with van der Waals surface area (Å²) in [5.41, 5.74) is 6.33. The van der Waals surface area contributed by atoms with Crippen LogP contribution in [0.4, 0.5) is 16.4 Å². The van der Waals surface area contributed by atoms with Gasteiger partial charge in [0.2, 0.25) is 5.91 Å². The molecule has 3 aromatic rings. The largest absolute Gasteiger partial charge is 0.507 e. The highest BCUT2D eigenvalue weighted by atomic mass is 32.1. The number of carbonyl (C=O) groups is 2. The van der Waals surface area contributed by atoms with Crippen LogP contribution in [-0.2, 0) is 4.79 Å². The average Bonchev–Trinajstić information content (AvgIpc) is 2.96. The molecule has 3 rings (SSSR count). The highest BCUT2D eigenvalue weighted by molar-refractivity contribution is 7.11. The summed E-state index contributed by atoms with van der Waals surface area (Å²) < 4.78 is 4.27. The number of anilines is 1. The lowest BCUT2D eigenvalue weighted by atomic mass is 10.1. The number of rotatable bonds is 4. The van der Waals surface area contributed by atoms with Gasteiger partial charge in [-0.3, -0.25) is 9.59 Å². The van der Waals surface area contributed by atoms with E-state index in [1.807, 2.05) is 24.3 Å². The van der Waals surface area contributed by atoms with Crippen molar-refractivity contribution in [3.8, 4) is 5.75 Å². The Morgan fingerprint density at radius 2 is 2.00 bits per heavy atom. The van der Waals surface area contributed by atoms with Gasteiger partial charge in [0.25, 0.3) is 5.91 Å². The highest BCUT2D eigenvalue weighted by Crippen LogP contribution is 2.36. The molecule has 0 unspecified atom stereocenters.